The summed E-state index contributed by atoms with van der Waals surface area (Å²) in [5.74, 6) is 5.58. The first kappa shape index (κ1) is 63.1. The smallest absolute Gasteiger partial charge is 0.177 e. The molecule has 3 aromatic heterocycles. The maximum absolute atomic E-state index is 8.78. The van der Waals surface area contributed by atoms with Gasteiger partial charge in [-0.2, -0.15) is 20.9 Å². The van der Waals surface area contributed by atoms with Crippen LogP contribution in [0.4, 0.5) is 0 Å². The number of nitrogens with one attached hydrogen (secondary N) is 1. The summed E-state index contributed by atoms with van der Waals surface area (Å²) in [6.07, 6.45) is 8.58. The minimum absolute atomic E-state index is 0. The molecule has 69 heavy (non-hydrogen) atoms. The SMILES string of the molecule is CCC(CC(C)C#N)c1ccccc1.CCC(CC(C)c1nn[nH]n1)c1ccccc1.CCC(CC(C)c1nnn[n-]1)c1ccccc1.CCC(CC(C)c1nnn[n-]1)c1ccccc1.N.O.[NH4+].[Zn]. The van der Waals surface area contributed by atoms with Gasteiger partial charge in [0.25, 0.3) is 0 Å². The van der Waals surface area contributed by atoms with Crippen LogP contribution in [0, 0.1) is 17.2 Å². The summed E-state index contributed by atoms with van der Waals surface area (Å²) in [6.45, 7) is 17.2. The van der Waals surface area contributed by atoms with Gasteiger partial charge >= 0.3 is 0 Å². The van der Waals surface area contributed by atoms with Gasteiger partial charge in [-0.1, -0.05) is 175 Å². The fourth-order valence-corrected chi connectivity index (χ4v) is 8.21. The van der Waals surface area contributed by atoms with Gasteiger partial charge < -0.3 is 28.0 Å². The minimum atomic E-state index is 0. The van der Waals surface area contributed by atoms with Crippen LogP contribution in [-0.4, -0.2) is 57.2 Å². The van der Waals surface area contributed by atoms with Crippen LogP contribution in [0.1, 0.15) is 188 Å². The minimum Gasteiger partial charge on any atom is -0.412 e. The van der Waals surface area contributed by atoms with Crippen molar-refractivity contribution in [3.05, 3.63) is 161 Å². The maximum Gasteiger partial charge on any atom is 0.177 e. The first-order valence-electron chi connectivity index (χ1n) is 23.4. The summed E-state index contributed by atoms with van der Waals surface area (Å²) in [7, 11) is 0. The van der Waals surface area contributed by atoms with Gasteiger partial charge in [-0.3, -0.25) is 20.6 Å². The fourth-order valence-electron chi connectivity index (χ4n) is 8.21. The molecule has 0 bridgehead atoms. The largest absolute Gasteiger partial charge is 0.412 e. The molecular formula is C52H78N15OZn-. The Labute approximate surface area is 423 Å². The van der Waals surface area contributed by atoms with Gasteiger partial charge in [-0.15, -0.1) is 10.2 Å². The van der Waals surface area contributed by atoms with Crippen LogP contribution in [0.25, 0.3) is 0 Å². The van der Waals surface area contributed by atoms with Crippen molar-refractivity contribution < 1.29 is 25.0 Å². The molecule has 8 unspecified atom stereocenters. The van der Waals surface area contributed by atoms with Crippen LogP contribution in [0.5, 0.6) is 0 Å². The number of aromatic nitrogens is 12. The summed E-state index contributed by atoms with van der Waals surface area (Å²) >= 11 is 0. The van der Waals surface area contributed by atoms with E-state index in [-0.39, 0.29) is 43.2 Å². The van der Waals surface area contributed by atoms with E-state index in [0.717, 1.165) is 68.8 Å². The Bertz CT molecular complexity index is 2030. The third-order valence-corrected chi connectivity index (χ3v) is 12.2. The Kier molecular flexibility index (Phi) is 33.0. The van der Waals surface area contributed by atoms with Crippen molar-refractivity contribution >= 4 is 0 Å². The summed E-state index contributed by atoms with van der Waals surface area (Å²) in [5, 5.41) is 52.9. The Morgan fingerprint density at radius 1 is 0.507 bits per heavy atom. The molecule has 7 aromatic rings. The molecule has 0 saturated heterocycles. The first-order chi connectivity index (χ1) is 31.7. The third-order valence-electron chi connectivity index (χ3n) is 12.2. The molecule has 4 aromatic carbocycles. The molecule has 0 saturated carbocycles. The van der Waals surface area contributed by atoms with Crippen LogP contribution in [0.15, 0.2) is 121 Å². The van der Waals surface area contributed by atoms with E-state index >= 15 is 0 Å². The molecule has 0 amide bonds. The van der Waals surface area contributed by atoms with E-state index in [9.17, 15) is 0 Å². The molecule has 7 rings (SSSR count). The molecule has 17 heteroatoms. The number of hydrogen-bond donors (Lipinski definition) is 3. The summed E-state index contributed by atoms with van der Waals surface area (Å²) < 4.78 is 0. The number of nitriles is 1. The number of quaternary nitrogens is 1. The summed E-state index contributed by atoms with van der Waals surface area (Å²) in [4.78, 5) is 0. The van der Waals surface area contributed by atoms with Gasteiger partial charge in [0.15, 0.2) is 5.82 Å². The quantitative estimate of drug-likeness (QED) is 0.0636. The average molecular weight is 995 g/mol. The van der Waals surface area contributed by atoms with Crippen molar-refractivity contribution in [3.63, 3.8) is 0 Å². The number of tetrazole rings is 3. The zero-order valence-electron chi connectivity index (χ0n) is 42.6. The molecule has 3 heterocycles. The molecule has 0 radical (unpaired) electrons. The number of hydrogen-bond acceptors (Lipinski definition) is 11. The van der Waals surface area contributed by atoms with Gasteiger partial charge in [-0.25, -0.2) is 0 Å². The summed E-state index contributed by atoms with van der Waals surface area (Å²) in [6, 6.07) is 44.6. The van der Waals surface area contributed by atoms with E-state index in [4.69, 9.17) is 5.26 Å². The van der Waals surface area contributed by atoms with Crippen molar-refractivity contribution in [1.82, 2.24) is 74.2 Å². The van der Waals surface area contributed by atoms with Gasteiger partial charge in [0.05, 0.1) is 6.07 Å². The van der Waals surface area contributed by atoms with Crippen LogP contribution in [-0.2, 0) is 19.5 Å². The molecule has 370 valence electrons. The normalized spacial score (nSPS) is 13.6. The topological polar surface area (TPSA) is 287 Å². The molecule has 16 nitrogen and oxygen atoms in total. The van der Waals surface area contributed by atoms with Gasteiger partial charge in [-0.05, 0) is 116 Å². The van der Waals surface area contributed by atoms with E-state index in [1.165, 1.54) is 22.3 Å². The van der Waals surface area contributed by atoms with E-state index in [1.54, 1.807) is 0 Å². The second-order valence-corrected chi connectivity index (χ2v) is 17.0. The molecule has 0 aliphatic carbocycles. The predicted molar refractivity (Wildman–Crippen MR) is 271 cm³/mol. The average Bonchev–Trinajstić information content (AvgIpc) is 4.21. The second kappa shape index (κ2) is 36.1. The molecule has 0 aliphatic heterocycles. The maximum atomic E-state index is 8.78. The van der Waals surface area contributed by atoms with Gasteiger partial charge in [0.2, 0.25) is 0 Å². The first-order valence-corrected chi connectivity index (χ1v) is 23.4. The molecule has 10 N–H and O–H groups in total. The molecule has 0 aliphatic rings. The monoisotopic (exact) mass is 993 g/mol. The third kappa shape index (κ3) is 21.9. The van der Waals surface area contributed by atoms with Crippen LogP contribution >= 0.6 is 0 Å². The van der Waals surface area contributed by atoms with Gasteiger partial charge in [0, 0.05) is 43.0 Å². The van der Waals surface area contributed by atoms with Crippen molar-refractivity contribution in [3.8, 4) is 6.07 Å². The van der Waals surface area contributed by atoms with Crippen molar-refractivity contribution in [2.24, 2.45) is 5.92 Å². The molecule has 8 atom stereocenters. The van der Waals surface area contributed by atoms with Crippen molar-refractivity contribution in [2.45, 2.75) is 148 Å². The Morgan fingerprint density at radius 3 is 1.09 bits per heavy atom. The van der Waals surface area contributed by atoms with Crippen LogP contribution in [0.2, 0.25) is 0 Å². The number of aromatic amines is 1. The number of rotatable bonds is 19. The number of benzene rings is 4. The summed E-state index contributed by atoms with van der Waals surface area (Å²) in [5.41, 5.74) is 5.52. The fraction of sp³-hybridized carbons (Fsp3) is 0.462. The molecular weight excluding hydrogens is 916 g/mol. The van der Waals surface area contributed by atoms with Crippen LogP contribution in [0.3, 0.4) is 0 Å². The van der Waals surface area contributed by atoms with E-state index in [2.05, 4.69) is 220 Å². The Morgan fingerprint density at radius 2 is 0.826 bits per heavy atom. The van der Waals surface area contributed by atoms with E-state index < -0.39 is 0 Å². The number of nitrogens with zero attached hydrogens (tertiary/aromatic N) is 12. The molecule has 0 spiro atoms. The van der Waals surface area contributed by atoms with Crippen LogP contribution < -0.4 is 22.5 Å². The Balaban J connectivity index is 0.000000879. The van der Waals surface area contributed by atoms with E-state index in [1.807, 2.05) is 25.1 Å². The van der Waals surface area contributed by atoms with Crippen molar-refractivity contribution in [1.29, 1.82) is 5.26 Å². The standard InChI is InChI=1S/C13H18N4.2C13H17N4.C13H17N.2H3N.H2O.Zn/c3*1-3-11(12-7-5-4-6-8-12)9-10(2)13-14-16-17-15-13;1-3-12(9-11(2)10-14)13-7-5-4-6-8-13;;;;/h4-8,10-11H,3,9H2,1-2H3,(H,14,15,16,17);2*4-8,10-11H,3,9H2,1-2H3;4-8,11-12H,3,9H2,1-2H3;2*1H3;1H2;/q;2*-1;;;;;/p+1. The van der Waals surface area contributed by atoms with Gasteiger partial charge in [0.1, 0.15) is 0 Å². The predicted octanol–water partition coefficient (Wildman–Crippen LogP) is 11.4. The molecule has 0 fully saturated rings. The second-order valence-electron chi connectivity index (χ2n) is 17.0. The zero-order valence-corrected chi connectivity index (χ0v) is 45.6. The van der Waals surface area contributed by atoms with Crippen molar-refractivity contribution in [2.75, 3.05) is 0 Å². The zero-order chi connectivity index (χ0) is 46.7. The number of H-pyrrole nitrogens is 1. The Hall–Kier alpha value is -5.92. The van der Waals surface area contributed by atoms with E-state index in [0.29, 0.717) is 41.4 Å².